The number of aromatic nitrogens is 1. The van der Waals surface area contributed by atoms with Gasteiger partial charge in [0.25, 0.3) is 0 Å². The Kier molecular flexibility index (Phi) is 5.77. The Morgan fingerprint density at radius 1 is 1.19 bits per heavy atom. The van der Waals surface area contributed by atoms with Crippen molar-refractivity contribution in [1.82, 2.24) is 4.98 Å². The van der Waals surface area contributed by atoms with Gasteiger partial charge in [0, 0.05) is 24.7 Å². The van der Waals surface area contributed by atoms with E-state index in [-0.39, 0.29) is 5.92 Å². The number of pyridine rings is 1. The molecule has 1 aromatic carbocycles. The smallest absolute Gasteiger partial charge is 0.0652 e. The van der Waals surface area contributed by atoms with E-state index in [1.54, 1.807) is 12.4 Å². The third-order valence-electron chi connectivity index (χ3n) is 4.14. The summed E-state index contributed by atoms with van der Waals surface area (Å²) in [6.45, 7) is 4.35. The van der Waals surface area contributed by atoms with Gasteiger partial charge in [-0.15, -0.1) is 0 Å². The summed E-state index contributed by atoms with van der Waals surface area (Å²) in [4.78, 5) is 3.99. The molecule has 1 aromatic heterocycles. The van der Waals surface area contributed by atoms with Gasteiger partial charge < -0.3 is 5.11 Å². The molecular formula is C18H22ClNO. The van der Waals surface area contributed by atoms with Crippen molar-refractivity contribution >= 4 is 11.6 Å². The highest BCUT2D eigenvalue weighted by Crippen LogP contribution is 2.32. The molecule has 2 nitrogen and oxygen atoms in total. The number of aliphatic hydroxyl groups excluding tert-OH is 1. The SMILES string of the molecule is CCC(C)C(c1ccccc1)C(O)Cc1ccncc1Cl. The fraction of sp³-hybridized carbons (Fsp3) is 0.389. The summed E-state index contributed by atoms with van der Waals surface area (Å²) in [5.41, 5.74) is 2.13. The third-order valence-corrected chi connectivity index (χ3v) is 4.48. The van der Waals surface area contributed by atoms with Gasteiger partial charge in [0.05, 0.1) is 11.1 Å². The first kappa shape index (κ1) is 16.0. The van der Waals surface area contributed by atoms with E-state index < -0.39 is 6.10 Å². The van der Waals surface area contributed by atoms with Gasteiger partial charge in [0.15, 0.2) is 0 Å². The van der Waals surface area contributed by atoms with Crippen LogP contribution < -0.4 is 0 Å². The van der Waals surface area contributed by atoms with Gasteiger partial charge >= 0.3 is 0 Å². The Morgan fingerprint density at radius 2 is 1.90 bits per heavy atom. The molecule has 0 aliphatic rings. The van der Waals surface area contributed by atoms with Crippen molar-refractivity contribution in [3.63, 3.8) is 0 Å². The molecule has 0 amide bonds. The highest BCUT2D eigenvalue weighted by atomic mass is 35.5. The molecule has 2 rings (SSSR count). The summed E-state index contributed by atoms with van der Waals surface area (Å²) < 4.78 is 0. The van der Waals surface area contributed by atoms with Crippen LogP contribution in [0.25, 0.3) is 0 Å². The Labute approximate surface area is 131 Å². The molecule has 0 saturated heterocycles. The van der Waals surface area contributed by atoms with E-state index in [2.05, 4.69) is 31.0 Å². The predicted octanol–water partition coefficient (Wildman–Crippen LogP) is 4.47. The van der Waals surface area contributed by atoms with Crippen LogP contribution >= 0.6 is 11.6 Å². The fourth-order valence-corrected chi connectivity index (χ4v) is 2.98. The molecular weight excluding hydrogens is 282 g/mol. The molecule has 0 saturated carbocycles. The molecule has 1 N–H and O–H groups in total. The van der Waals surface area contributed by atoms with Crippen molar-refractivity contribution in [1.29, 1.82) is 0 Å². The van der Waals surface area contributed by atoms with Crippen molar-refractivity contribution in [3.8, 4) is 0 Å². The summed E-state index contributed by atoms with van der Waals surface area (Å²) in [7, 11) is 0. The van der Waals surface area contributed by atoms with Crippen LogP contribution in [0.5, 0.6) is 0 Å². The van der Waals surface area contributed by atoms with Crippen molar-refractivity contribution in [3.05, 3.63) is 64.9 Å². The summed E-state index contributed by atoms with van der Waals surface area (Å²) in [6.07, 6.45) is 4.47. The summed E-state index contributed by atoms with van der Waals surface area (Å²) in [5, 5.41) is 11.4. The van der Waals surface area contributed by atoms with Crippen LogP contribution in [0.2, 0.25) is 5.02 Å². The normalized spacial score (nSPS) is 15.4. The minimum Gasteiger partial charge on any atom is -0.392 e. The van der Waals surface area contributed by atoms with E-state index in [9.17, 15) is 5.11 Å². The number of halogens is 1. The molecule has 2 aromatic rings. The zero-order valence-electron chi connectivity index (χ0n) is 12.5. The molecule has 0 fully saturated rings. The van der Waals surface area contributed by atoms with Crippen molar-refractivity contribution < 1.29 is 5.11 Å². The average molecular weight is 304 g/mol. The molecule has 1 heterocycles. The second-order valence-electron chi connectivity index (χ2n) is 5.56. The molecule has 0 bridgehead atoms. The highest BCUT2D eigenvalue weighted by molar-refractivity contribution is 6.31. The standard InChI is InChI=1S/C18H22ClNO/c1-3-13(2)18(14-7-5-4-6-8-14)17(21)11-15-9-10-20-12-16(15)19/h4-10,12-13,17-18,21H,3,11H2,1-2H3. The van der Waals surface area contributed by atoms with Gasteiger partial charge in [-0.05, 0) is 23.1 Å². The first-order chi connectivity index (χ1) is 10.1. The summed E-state index contributed by atoms with van der Waals surface area (Å²) in [6, 6.07) is 12.1. The third kappa shape index (κ3) is 4.05. The molecule has 0 spiro atoms. The molecule has 112 valence electrons. The van der Waals surface area contributed by atoms with E-state index in [1.165, 1.54) is 5.56 Å². The van der Waals surface area contributed by atoms with Crippen LogP contribution in [0.15, 0.2) is 48.8 Å². The van der Waals surface area contributed by atoms with E-state index >= 15 is 0 Å². The molecule has 3 heteroatoms. The lowest BCUT2D eigenvalue weighted by Crippen LogP contribution is -2.26. The zero-order valence-corrected chi connectivity index (χ0v) is 13.3. The van der Waals surface area contributed by atoms with Gasteiger partial charge in [-0.2, -0.15) is 0 Å². The van der Waals surface area contributed by atoms with Crippen LogP contribution in [0.3, 0.4) is 0 Å². The summed E-state index contributed by atoms with van der Waals surface area (Å²) >= 11 is 6.16. The van der Waals surface area contributed by atoms with Crippen molar-refractivity contribution in [2.24, 2.45) is 5.92 Å². The molecule has 0 radical (unpaired) electrons. The Bertz CT molecular complexity index is 558. The number of hydrogen-bond donors (Lipinski definition) is 1. The quantitative estimate of drug-likeness (QED) is 0.854. The molecule has 3 unspecified atom stereocenters. The lowest BCUT2D eigenvalue weighted by Gasteiger charge is -2.29. The maximum atomic E-state index is 10.8. The van der Waals surface area contributed by atoms with Crippen molar-refractivity contribution in [2.75, 3.05) is 0 Å². The second-order valence-corrected chi connectivity index (χ2v) is 5.97. The Balaban J connectivity index is 2.23. The lowest BCUT2D eigenvalue weighted by molar-refractivity contribution is 0.117. The molecule has 21 heavy (non-hydrogen) atoms. The highest BCUT2D eigenvalue weighted by Gasteiger charge is 2.26. The van der Waals surface area contributed by atoms with Crippen LogP contribution in [-0.4, -0.2) is 16.2 Å². The predicted molar refractivity (Wildman–Crippen MR) is 87.6 cm³/mol. The van der Waals surface area contributed by atoms with E-state index in [0.717, 1.165) is 12.0 Å². The zero-order chi connectivity index (χ0) is 15.2. The minimum atomic E-state index is -0.456. The van der Waals surface area contributed by atoms with Gasteiger partial charge in [-0.3, -0.25) is 4.98 Å². The van der Waals surface area contributed by atoms with E-state index in [1.807, 2.05) is 24.3 Å². The van der Waals surface area contributed by atoms with Gasteiger partial charge in [0.1, 0.15) is 0 Å². The monoisotopic (exact) mass is 303 g/mol. The van der Waals surface area contributed by atoms with Crippen molar-refractivity contribution in [2.45, 2.75) is 38.7 Å². The number of nitrogens with zero attached hydrogens (tertiary/aromatic N) is 1. The fourth-order valence-electron chi connectivity index (χ4n) is 2.78. The first-order valence-corrected chi connectivity index (χ1v) is 7.82. The number of rotatable bonds is 6. The largest absolute Gasteiger partial charge is 0.392 e. The van der Waals surface area contributed by atoms with Crippen LogP contribution in [-0.2, 0) is 6.42 Å². The number of benzene rings is 1. The van der Waals surface area contributed by atoms with Gasteiger partial charge in [0.2, 0.25) is 0 Å². The van der Waals surface area contributed by atoms with Gasteiger partial charge in [-0.1, -0.05) is 62.2 Å². The topological polar surface area (TPSA) is 33.1 Å². The molecule has 0 aliphatic heterocycles. The van der Waals surface area contributed by atoms with Crippen LogP contribution in [0.4, 0.5) is 0 Å². The maximum Gasteiger partial charge on any atom is 0.0652 e. The number of hydrogen-bond acceptors (Lipinski definition) is 2. The van der Waals surface area contributed by atoms with E-state index in [0.29, 0.717) is 17.4 Å². The number of aliphatic hydroxyl groups is 1. The second kappa shape index (κ2) is 7.58. The Morgan fingerprint density at radius 3 is 2.52 bits per heavy atom. The van der Waals surface area contributed by atoms with Gasteiger partial charge in [-0.25, -0.2) is 0 Å². The van der Waals surface area contributed by atoms with Crippen LogP contribution in [0, 0.1) is 5.92 Å². The summed E-state index contributed by atoms with van der Waals surface area (Å²) in [5.74, 6) is 0.517. The minimum absolute atomic E-state index is 0.112. The molecule has 0 aliphatic carbocycles. The van der Waals surface area contributed by atoms with E-state index in [4.69, 9.17) is 11.6 Å². The average Bonchev–Trinajstić information content (AvgIpc) is 2.50. The lowest BCUT2D eigenvalue weighted by atomic mass is 9.79. The maximum absolute atomic E-state index is 10.8. The first-order valence-electron chi connectivity index (χ1n) is 7.44. The Hall–Kier alpha value is -1.38. The van der Waals surface area contributed by atoms with Crippen LogP contribution in [0.1, 0.15) is 37.3 Å². The molecule has 3 atom stereocenters.